The van der Waals surface area contributed by atoms with Gasteiger partial charge in [-0.05, 0) is 38.0 Å². The zero-order valence-corrected chi connectivity index (χ0v) is 13.7. The second kappa shape index (κ2) is 6.84. The number of hydrogen-bond donors (Lipinski definition) is 3. The smallest absolute Gasteiger partial charge is 0.276 e. The molecule has 0 bridgehead atoms. The summed E-state index contributed by atoms with van der Waals surface area (Å²) in [6, 6.07) is 5.49. The first-order valence-corrected chi connectivity index (χ1v) is 8.03. The highest BCUT2D eigenvalue weighted by Gasteiger charge is 2.21. The van der Waals surface area contributed by atoms with Crippen molar-refractivity contribution in [3.63, 3.8) is 0 Å². The molecule has 3 heterocycles. The van der Waals surface area contributed by atoms with Gasteiger partial charge in [0.1, 0.15) is 0 Å². The van der Waals surface area contributed by atoms with Crippen LogP contribution < -0.4 is 21.7 Å². The number of nitrogen functional groups attached to an aromatic ring is 1. The molecular formula is C17H22N6O. The molecule has 2 aromatic rings. The standard InChI is InChI=1S/C17H22N6O/c1-11-4-5-13(19)16(21-11)17(24)22-14-9-20-7-6-15(14)23-8-2-3-12(18)10-23/h4-7,9,12H,2-3,8,10,18-19H2,1H3,(H,22,24)/t12-/m0/s1. The second-order valence-corrected chi connectivity index (χ2v) is 6.09. The number of anilines is 3. The van der Waals surface area contributed by atoms with Gasteiger partial charge in [0.15, 0.2) is 5.69 Å². The number of aryl methyl sites for hydroxylation is 1. The fourth-order valence-corrected chi connectivity index (χ4v) is 2.92. The predicted molar refractivity (Wildman–Crippen MR) is 95.0 cm³/mol. The number of piperidine rings is 1. The molecule has 7 heteroatoms. The molecule has 126 valence electrons. The van der Waals surface area contributed by atoms with E-state index in [4.69, 9.17) is 11.5 Å². The van der Waals surface area contributed by atoms with Gasteiger partial charge in [-0.3, -0.25) is 9.78 Å². The number of carbonyl (C=O) groups is 1. The average Bonchev–Trinajstić information content (AvgIpc) is 2.57. The summed E-state index contributed by atoms with van der Waals surface area (Å²) in [6.45, 7) is 3.49. The number of hydrogen-bond acceptors (Lipinski definition) is 6. The first-order chi connectivity index (χ1) is 11.5. The van der Waals surface area contributed by atoms with Crippen LogP contribution in [0.25, 0.3) is 0 Å². The Morgan fingerprint density at radius 3 is 3.00 bits per heavy atom. The molecule has 7 nitrogen and oxygen atoms in total. The molecule has 24 heavy (non-hydrogen) atoms. The van der Waals surface area contributed by atoms with Crippen LogP contribution in [0.2, 0.25) is 0 Å². The molecule has 1 fully saturated rings. The van der Waals surface area contributed by atoms with Gasteiger partial charge in [0, 0.05) is 31.0 Å². The lowest BCUT2D eigenvalue weighted by Crippen LogP contribution is -2.43. The Balaban J connectivity index is 1.85. The van der Waals surface area contributed by atoms with E-state index in [1.165, 1.54) is 0 Å². The van der Waals surface area contributed by atoms with Gasteiger partial charge in [-0.2, -0.15) is 0 Å². The van der Waals surface area contributed by atoms with Crippen molar-refractivity contribution in [3.8, 4) is 0 Å². The van der Waals surface area contributed by atoms with Gasteiger partial charge in [0.25, 0.3) is 5.91 Å². The molecule has 5 N–H and O–H groups in total. The van der Waals surface area contributed by atoms with E-state index in [-0.39, 0.29) is 17.6 Å². The maximum absolute atomic E-state index is 12.6. The predicted octanol–water partition coefficient (Wildman–Crippen LogP) is 1.55. The van der Waals surface area contributed by atoms with Crippen molar-refractivity contribution in [2.45, 2.75) is 25.8 Å². The van der Waals surface area contributed by atoms with Crippen LogP contribution >= 0.6 is 0 Å². The Morgan fingerprint density at radius 1 is 1.38 bits per heavy atom. The van der Waals surface area contributed by atoms with E-state index >= 15 is 0 Å². The first kappa shape index (κ1) is 16.2. The molecule has 0 radical (unpaired) electrons. The summed E-state index contributed by atoms with van der Waals surface area (Å²) >= 11 is 0. The van der Waals surface area contributed by atoms with Crippen LogP contribution in [-0.4, -0.2) is 35.0 Å². The Kier molecular flexibility index (Phi) is 4.61. The van der Waals surface area contributed by atoms with Crippen molar-refractivity contribution in [2.24, 2.45) is 5.73 Å². The van der Waals surface area contributed by atoms with Crippen molar-refractivity contribution < 1.29 is 4.79 Å². The van der Waals surface area contributed by atoms with Gasteiger partial charge in [0.05, 0.1) is 23.3 Å². The summed E-state index contributed by atoms with van der Waals surface area (Å²) in [5.74, 6) is -0.341. The zero-order valence-electron chi connectivity index (χ0n) is 13.7. The van der Waals surface area contributed by atoms with E-state index in [0.717, 1.165) is 37.3 Å². The molecule has 0 spiro atoms. The number of amides is 1. The minimum absolute atomic E-state index is 0.143. The molecular weight excluding hydrogens is 304 g/mol. The number of nitrogens with one attached hydrogen (secondary N) is 1. The third-order valence-corrected chi connectivity index (χ3v) is 4.13. The molecule has 1 amide bonds. The summed E-state index contributed by atoms with van der Waals surface area (Å²) in [7, 11) is 0. The van der Waals surface area contributed by atoms with Crippen LogP contribution in [0.15, 0.2) is 30.6 Å². The lowest BCUT2D eigenvalue weighted by atomic mass is 10.1. The molecule has 0 unspecified atom stereocenters. The van der Waals surface area contributed by atoms with Gasteiger partial charge < -0.3 is 21.7 Å². The number of nitrogens with zero attached hydrogens (tertiary/aromatic N) is 3. The van der Waals surface area contributed by atoms with E-state index in [1.807, 2.05) is 13.0 Å². The summed E-state index contributed by atoms with van der Waals surface area (Å²) in [4.78, 5) is 23.1. The van der Waals surface area contributed by atoms with Crippen LogP contribution in [0.1, 0.15) is 29.0 Å². The van der Waals surface area contributed by atoms with Crippen molar-refractivity contribution in [2.75, 3.05) is 29.0 Å². The van der Waals surface area contributed by atoms with Crippen LogP contribution in [0, 0.1) is 6.92 Å². The van der Waals surface area contributed by atoms with Gasteiger partial charge in [-0.25, -0.2) is 4.98 Å². The van der Waals surface area contributed by atoms with E-state index in [0.29, 0.717) is 11.4 Å². The van der Waals surface area contributed by atoms with Gasteiger partial charge in [-0.1, -0.05) is 0 Å². The second-order valence-electron chi connectivity index (χ2n) is 6.09. The molecule has 1 saturated heterocycles. The molecule has 1 aliphatic heterocycles. The van der Waals surface area contributed by atoms with Crippen LogP contribution in [0.5, 0.6) is 0 Å². The highest BCUT2D eigenvalue weighted by molar-refractivity contribution is 6.07. The molecule has 0 aliphatic carbocycles. The number of nitrogens with two attached hydrogens (primary N) is 2. The van der Waals surface area contributed by atoms with Gasteiger partial charge in [0.2, 0.25) is 0 Å². The molecule has 1 atom stereocenters. The van der Waals surface area contributed by atoms with E-state index in [9.17, 15) is 4.79 Å². The topological polar surface area (TPSA) is 110 Å². The third kappa shape index (κ3) is 3.46. The SMILES string of the molecule is Cc1ccc(N)c(C(=O)Nc2cnccc2N2CCC[C@H](N)C2)n1. The normalized spacial score (nSPS) is 17.6. The Hall–Kier alpha value is -2.67. The lowest BCUT2D eigenvalue weighted by molar-refractivity contribution is 0.102. The maximum atomic E-state index is 12.6. The third-order valence-electron chi connectivity index (χ3n) is 4.13. The summed E-state index contributed by atoms with van der Waals surface area (Å²) in [5, 5.41) is 2.88. The first-order valence-electron chi connectivity index (χ1n) is 8.03. The lowest BCUT2D eigenvalue weighted by Gasteiger charge is -2.33. The fraction of sp³-hybridized carbons (Fsp3) is 0.353. The molecule has 3 rings (SSSR count). The Morgan fingerprint density at radius 2 is 2.21 bits per heavy atom. The quantitative estimate of drug-likeness (QED) is 0.789. The number of rotatable bonds is 3. The molecule has 0 aromatic carbocycles. The summed E-state index contributed by atoms with van der Waals surface area (Å²) in [5.41, 5.74) is 14.8. The van der Waals surface area contributed by atoms with Crippen molar-refractivity contribution in [1.82, 2.24) is 9.97 Å². The van der Waals surface area contributed by atoms with Gasteiger partial charge in [-0.15, -0.1) is 0 Å². The highest BCUT2D eigenvalue weighted by atomic mass is 16.1. The van der Waals surface area contributed by atoms with Gasteiger partial charge >= 0.3 is 0 Å². The summed E-state index contributed by atoms with van der Waals surface area (Å²) < 4.78 is 0. The highest BCUT2D eigenvalue weighted by Crippen LogP contribution is 2.27. The number of pyridine rings is 2. The molecule has 1 aliphatic rings. The van der Waals surface area contributed by atoms with Crippen molar-refractivity contribution in [1.29, 1.82) is 0 Å². The fourth-order valence-electron chi connectivity index (χ4n) is 2.92. The largest absolute Gasteiger partial charge is 0.397 e. The number of carbonyl (C=O) groups excluding carboxylic acids is 1. The minimum Gasteiger partial charge on any atom is -0.397 e. The van der Waals surface area contributed by atoms with Crippen molar-refractivity contribution in [3.05, 3.63) is 42.0 Å². The van der Waals surface area contributed by atoms with Crippen LogP contribution in [0.3, 0.4) is 0 Å². The monoisotopic (exact) mass is 326 g/mol. The van der Waals surface area contributed by atoms with E-state index < -0.39 is 0 Å². The minimum atomic E-state index is -0.341. The molecule has 0 saturated carbocycles. The van der Waals surface area contributed by atoms with E-state index in [2.05, 4.69) is 20.2 Å². The summed E-state index contributed by atoms with van der Waals surface area (Å²) in [6.07, 6.45) is 5.40. The number of aromatic nitrogens is 2. The molecule has 2 aromatic heterocycles. The van der Waals surface area contributed by atoms with Crippen molar-refractivity contribution >= 4 is 23.0 Å². The Bertz CT molecular complexity index is 748. The van der Waals surface area contributed by atoms with E-state index in [1.54, 1.807) is 24.5 Å². The maximum Gasteiger partial charge on any atom is 0.276 e. The van der Waals surface area contributed by atoms with Crippen LogP contribution in [-0.2, 0) is 0 Å². The van der Waals surface area contributed by atoms with Crippen LogP contribution in [0.4, 0.5) is 17.1 Å². The average molecular weight is 326 g/mol. The zero-order chi connectivity index (χ0) is 17.1. The Labute approximate surface area is 141 Å².